The van der Waals surface area contributed by atoms with Gasteiger partial charge in [-0.1, -0.05) is 25.1 Å². The highest BCUT2D eigenvalue weighted by Crippen LogP contribution is 2.30. The third-order valence-electron chi connectivity index (χ3n) is 5.45. The van der Waals surface area contributed by atoms with Crippen LogP contribution in [0, 0.1) is 5.92 Å². The molecule has 5 heteroatoms. The molecule has 1 aromatic rings. The summed E-state index contributed by atoms with van der Waals surface area (Å²) < 4.78 is 0. The van der Waals surface area contributed by atoms with Crippen LogP contribution >= 0.6 is 0 Å². The predicted molar refractivity (Wildman–Crippen MR) is 94.9 cm³/mol. The fourth-order valence-electron chi connectivity index (χ4n) is 3.78. The molecule has 130 valence electrons. The first-order valence-electron chi connectivity index (χ1n) is 8.95. The zero-order chi connectivity index (χ0) is 17.3. The Balaban J connectivity index is 1.76. The first-order chi connectivity index (χ1) is 11.5. The molecule has 3 atom stereocenters. The largest absolute Gasteiger partial charge is 0.337 e. The lowest BCUT2D eigenvalue weighted by Crippen LogP contribution is -2.58. The van der Waals surface area contributed by atoms with E-state index >= 15 is 0 Å². The third kappa shape index (κ3) is 3.05. The molecule has 3 unspecified atom stereocenters. The fraction of sp³-hybridized carbons (Fsp3) is 0.579. The first kappa shape index (κ1) is 17.0. The van der Waals surface area contributed by atoms with Gasteiger partial charge in [-0.3, -0.25) is 9.59 Å². The van der Waals surface area contributed by atoms with Crippen molar-refractivity contribution in [2.45, 2.75) is 45.7 Å². The number of benzene rings is 1. The van der Waals surface area contributed by atoms with Crippen LogP contribution in [0.5, 0.6) is 0 Å². The van der Waals surface area contributed by atoms with Crippen molar-refractivity contribution >= 4 is 17.5 Å². The molecule has 24 heavy (non-hydrogen) atoms. The SMILES string of the molecule is CCc1ccccc1N1CC(C(=O)N2CCNC(C)C2C)CC1=O. The Hall–Kier alpha value is -1.88. The number of hydrogen-bond acceptors (Lipinski definition) is 3. The normalized spacial score (nSPS) is 27.6. The lowest BCUT2D eigenvalue weighted by Gasteiger charge is -2.39. The number of carbonyl (C=O) groups excluding carboxylic acids is 2. The molecule has 0 spiro atoms. The van der Waals surface area contributed by atoms with E-state index < -0.39 is 0 Å². The van der Waals surface area contributed by atoms with Crippen molar-refractivity contribution in [2.75, 3.05) is 24.5 Å². The van der Waals surface area contributed by atoms with Crippen LogP contribution in [0.4, 0.5) is 5.69 Å². The van der Waals surface area contributed by atoms with E-state index in [0.29, 0.717) is 13.0 Å². The van der Waals surface area contributed by atoms with Gasteiger partial charge in [-0.15, -0.1) is 0 Å². The van der Waals surface area contributed by atoms with E-state index in [9.17, 15) is 9.59 Å². The Labute approximate surface area is 144 Å². The topological polar surface area (TPSA) is 52.7 Å². The van der Waals surface area contributed by atoms with Gasteiger partial charge in [0.15, 0.2) is 0 Å². The van der Waals surface area contributed by atoms with E-state index in [1.165, 1.54) is 0 Å². The molecule has 0 aliphatic carbocycles. The zero-order valence-corrected chi connectivity index (χ0v) is 14.8. The minimum atomic E-state index is -0.227. The summed E-state index contributed by atoms with van der Waals surface area (Å²) in [4.78, 5) is 29.2. The van der Waals surface area contributed by atoms with Gasteiger partial charge in [0.1, 0.15) is 0 Å². The predicted octanol–water partition coefficient (Wildman–Crippen LogP) is 1.81. The molecule has 2 fully saturated rings. The number of nitrogens with one attached hydrogen (secondary N) is 1. The Morgan fingerprint density at radius 2 is 2.04 bits per heavy atom. The molecule has 5 nitrogen and oxygen atoms in total. The van der Waals surface area contributed by atoms with Crippen molar-refractivity contribution in [3.63, 3.8) is 0 Å². The van der Waals surface area contributed by atoms with E-state index in [4.69, 9.17) is 0 Å². The van der Waals surface area contributed by atoms with E-state index in [2.05, 4.69) is 32.2 Å². The second-order valence-corrected chi connectivity index (χ2v) is 6.90. The Kier molecular flexibility index (Phi) is 4.90. The highest BCUT2D eigenvalue weighted by atomic mass is 16.2. The van der Waals surface area contributed by atoms with Crippen molar-refractivity contribution in [3.8, 4) is 0 Å². The van der Waals surface area contributed by atoms with Gasteiger partial charge in [-0.2, -0.15) is 0 Å². The van der Waals surface area contributed by atoms with Crippen molar-refractivity contribution in [3.05, 3.63) is 29.8 Å². The van der Waals surface area contributed by atoms with Gasteiger partial charge in [0, 0.05) is 43.8 Å². The van der Waals surface area contributed by atoms with Gasteiger partial charge in [-0.25, -0.2) is 0 Å². The molecule has 3 rings (SSSR count). The van der Waals surface area contributed by atoms with E-state index in [1.54, 1.807) is 4.90 Å². The van der Waals surface area contributed by atoms with Gasteiger partial charge in [0.2, 0.25) is 11.8 Å². The van der Waals surface area contributed by atoms with Crippen molar-refractivity contribution in [2.24, 2.45) is 5.92 Å². The smallest absolute Gasteiger partial charge is 0.228 e. The fourth-order valence-corrected chi connectivity index (χ4v) is 3.78. The number of carbonyl (C=O) groups is 2. The number of rotatable bonds is 3. The zero-order valence-electron chi connectivity index (χ0n) is 14.8. The van der Waals surface area contributed by atoms with E-state index in [-0.39, 0.29) is 29.8 Å². The summed E-state index contributed by atoms with van der Waals surface area (Å²) in [5, 5.41) is 3.39. The molecule has 1 N–H and O–H groups in total. The number of hydrogen-bond donors (Lipinski definition) is 1. The number of amides is 2. The maximum absolute atomic E-state index is 13.0. The maximum Gasteiger partial charge on any atom is 0.228 e. The lowest BCUT2D eigenvalue weighted by atomic mass is 10.0. The van der Waals surface area contributed by atoms with Crippen LogP contribution in [0.25, 0.3) is 0 Å². The summed E-state index contributed by atoms with van der Waals surface area (Å²) in [6, 6.07) is 8.44. The molecule has 0 aromatic heterocycles. The molecule has 2 heterocycles. The van der Waals surface area contributed by atoms with Crippen molar-refractivity contribution in [1.29, 1.82) is 0 Å². The Bertz CT molecular complexity index is 631. The van der Waals surface area contributed by atoms with Gasteiger partial charge >= 0.3 is 0 Å². The molecule has 0 radical (unpaired) electrons. The van der Waals surface area contributed by atoms with Gasteiger partial charge in [-0.05, 0) is 31.9 Å². The summed E-state index contributed by atoms with van der Waals surface area (Å²) in [5.74, 6) is -0.0408. The summed E-state index contributed by atoms with van der Waals surface area (Å²) >= 11 is 0. The lowest BCUT2D eigenvalue weighted by molar-refractivity contribution is -0.139. The molecule has 2 aliphatic rings. The van der Waals surface area contributed by atoms with Crippen LogP contribution in [-0.2, 0) is 16.0 Å². The molecule has 2 amide bonds. The standard InChI is InChI=1S/C19H27N3O2/c1-4-15-7-5-6-8-17(15)22-12-16(11-18(22)23)19(24)21-10-9-20-13(2)14(21)3/h5-8,13-14,16,20H,4,9-12H2,1-3H3. The van der Waals surface area contributed by atoms with Crippen LogP contribution in [-0.4, -0.2) is 48.4 Å². The number of anilines is 1. The molecular weight excluding hydrogens is 302 g/mol. The molecule has 0 bridgehead atoms. The van der Waals surface area contributed by atoms with Gasteiger partial charge < -0.3 is 15.1 Å². The second kappa shape index (κ2) is 6.93. The highest BCUT2D eigenvalue weighted by molar-refractivity contribution is 6.00. The van der Waals surface area contributed by atoms with Crippen LogP contribution in [0.2, 0.25) is 0 Å². The van der Waals surface area contributed by atoms with Crippen molar-refractivity contribution < 1.29 is 9.59 Å². The molecule has 2 saturated heterocycles. The minimum absolute atomic E-state index is 0.0603. The van der Waals surface area contributed by atoms with Crippen LogP contribution in [0.1, 0.15) is 32.8 Å². The number of para-hydroxylation sites is 1. The average molecular weight is 329 g/mol. The summed E-state index contributed by atoms with van der Waals surface area (Å²) in [6.45, 7) is 8.32. The van der Waals surface area contributed by atoms with Crippen molar-refractivity contribution in [1.82, 2.24) is 10.2 Å². The number of piperazine rings is 1. The summed E-state index contributed by atoms with van der Waals surface area (Å²) in [6.07, 6.45) is 1.20. The second-order valence-electron chi connectivity index (χ2n) is 6.90. The van der Waals surface area contributed by atoms with Crippen LogP contribution < -0.4 is 10.2 Å². The summed E-state index contributed by atoms with van der Waals surface area (Å²) in [5.41, 5.74) is 2.12. The quantitative estimate of drug-likeness (QED) is 0.920. The van der Waals surface area contributed by atoms with Gasteiger partial charge in [0.25, 0.3) is 0 Å². The molecule has 1 aromatic carbocycles. The molecule has 0 saturated carbocycles. The monoisotopic (exact) mass is 329 g/mol. The van der Waals surface area contributed by atoms with E-state index in [0.717, 1.165) is 30.8 Å². The summed E-state index contributed by atoms with van der Waals surface area (Å²) in [7, 11) is 0. The number of nitrogens with zero attached hydrogens (tertiary/aromatic N) is 2. The maximum atomic E-state index is 13.0. The van der Waals surface area contributed by atoms with E-state index in [1.807, 2.05) is 23.1 Å². The van der Waals surface area contributed by atoms with Crippen LogP contribution in [0.15, 0.2) is 24.3 Å². The number of aryl methyl sites for hydroxylation is 1. The molecule has 2 aliphatic heterocycles. The third-order valence-corrected chi connectivity index (χ3v) is 5.45. The highest BCUT2D eigenvalue weighted by Gasteiger charge is 2.40. The minimum Gasteiger partial charge on any atom is -0.337 e. The Morgan fingerprint density at radius 3 is 2.79 bits per heavy atom. The Morgan fingerprint density at radius 1 is 1.29 bits per heavy atom. The first-order valence-corrected chi connectivity index (χ1v) is 8.95. The average Bonchev–Trinajstić information content (AvgIpc) is 2.98. The molecular formula is C19H27N3O2. The van der Waals surface area contributed by atoms with Crippen LogP contribution in [0.3, 0.4) is 0 Å². The van der Waals surface area contributed by atoms with Gasteiger partial charge in [0.05, 0.1) is 5.92 Å².